The van der Waals surface area contributed by atoms with E-state index in [1.54, 1.807) is 0 Å². The predicted octanol–water partition coefficient (Wildman–Crippen LogP) is 9.67. The Bertz CT molecular complexity index is 1210. The van der Waals surface area contributed by atoms with Gasteiger partial charge >= 0.3 is 0 Å². The maximum absolute atomic E-state index is 9.95. The molecule has 3 aromatic heterocycles. The van der Waals surface area contributed by atoms with Gasteiger partial charge in [-0.25, -0.2) is 4.98 Å². The molecule has 202 valence electrons. The van der Waals surface area contributed by atoms with E-state index >= 15 is 0 Å². The molecule has 0 saturated carbocycles. The molecule has 4 nitrogen and oxygen atoms in total. The highest BCUT2D eigenvalue weighted by atomic mass is 35.5. The summed E-state index contributed by atoms with van der Waals surface area (Å²) in [4.78, 5) is 17.6. The lowest BCUT2D eigenvalue weighted by molar-refractivity contribution is -0.111. The number of aryl methyl sites for hydroxylation is 1. The summed E-state index contributed by atoms with van der Waals surface area (Å²) in [6.45, 7) is 15.1. The Balaban J connectivity index is 0.000000236. The van der Waals surface area contributed by atoms with Crippen molar-refractivity contribution >= 4 is 39.8 Å². The van der Waals surface area contributed by atoms with E-state index in [2.05, 4.69) is 66.6 Å². The minimum atomic E-state index is 0.222. The minimum Gasteiger partial charge on any atom is -0.346 e. The third-order valence-electron chi connectivity index (χ3n) is 7.13. The Morgan fingerprint density at radius 1 is 1.05 bits per heavy atom. The first-order chi connectivity index (χ1) is 17.8. The van der Waals surface area contributed by atoms with E-state index in [9.17, 15) is 4.79 Å². The van der Waals surface area contributed by atoms with Crippen LogP contribution in [0.15, 0.2) is 55.0 Å². The normalized spacial score (nSPS) is 13.4. The fraction of sp³-hybridized carbons (Fsp3) is 0.500. The second-order valence-corrected chi connectivity index (χ2v) is 10.8. The number of fused-ring (bicyclic) bond motifs is 3. The first-order valence-electron chi connectivity index (χ1n) is 13.9. The fourth-order valence-corrected chi connectivity index (χ4v) is 4.80. The summed E-state index contributed by atoms with van der Waals surface area (Å²) in [5.74, 6) is 1.42. The van der Waals surface area contributed by atoms with Crippen molar-refractivity contribution in [1.29, 1.82) is 0 Å². The number of pyridine rings is 1. The van der Waals surface area contributed by atoms with Crippen LogP contribution in [-0.2, 0) is 11.2 Å². The number of carbonyl (C=O) groups excluding carboxylic acids is 1. The van der Waals surface area contributed by atoms with E-state index in [-0.39, 0.29) is 5.92 Å². The molecule has 0 aliphatic carbocycles. The number of nitrogens with zero attached hydrogens (tertiary/aromatic N) is 2. The van der Waals surface area contributed by atoms with Crippen molar-refractivity contribution in [2.45, 2.75) is 86.6 Å². The number of aromatic nitrogens is 3. The van der Waals surface area contributed by atoms with Crippen molar-refractivity contribution in [1.82, 2.24) is 14.5 Å². The second kappa shape index (κ2) is 15.6. The standard InChI is InChI=1S/C17H23N3.C9H11Cl.C6H12O/c1-4-6-12(3)15(5-2)20-10-8-13-11-19-17-14(16(13)20)7-9-18-17;1-2-4-8-5-3-6-9(10)7-8;1-5(2)6(3)4-7/h7-12,15H,4-6H2,1-3H3,(H,18,19);3,5-7H,2,4H2,1H3;4-6H,1-3H3. The fourth-order valence-electron chi connectivity index (χ4n) is 4.59. The first kappa shape index (κ1) is 30.6. The number of H-pyrrole nitrogens is 1. The molecule has 0 amide bonds. The van der Waals surface area contributed by atoms with Gasteiger partial charge in [0.2, 0.25) is 0 Å². The van der Waals surface area contributed by atoms with Crippen LogP contribution in [0, 0.1) is 17.8 Å². The average Bonchev–Trinajstić information content (AvgIpc) is 3.52. The Labute approximate surface area is 228 Å². The van der Waals surface area contributed by atoms with Gasteiger partial charge in [0.25, 0.3) is 0 Å². The summed E-state index contributed by atoms with van der Waals surface area (Å²) < 4.78 is 2.47. The molecule has 0 bridgehead atoms. The SMILES string of the molecule is CC(C)C(C)C=O.CCCC(C)C(CC)n1ccc2cnc3[nH]ccc3c21.CCCc1cccc(Cl)c1. The van der Waals surface area contributed by atoms with Crippen molar-refractivity contribution in [3.8, 4) is 0 Å². The molecule has 0 fully saturated rings. The number of benzene rings is 1. The van der Waals surface area contributed by atoms with Gasteiger partial charge in [-0.3, -0.25) is 0 Å². The highest BCUT2D eigenvalue weighted by molar-refractivity contribution is 6.30. The number of halogens is 1. The van der Waals surface area contributed by atoms with E-state index < -0.39 is 0 Å². The number of nitrogens with one attached hydrogen (secondary N) is 1. The topological polar surface area (TPSA) is 50.7 Å². The van der Waals surface area contributed by atoms with Crippen LogP contribution in [0.3, 0.4) is 0 Å². The number of hydrogen-bond acceptors (Lipinski definition) is 2. The first-order valence-corrected chi connectivity index (χ1v) is 14.3. The van der Waals surface area contributed by atoms with Crippen LogP contribution in [0.5, 0.6) is 0 Å². The van der Waals surface area contributed by atoms with Gasteiger partial charge in [0, 0.05) is 46.3 Å². The highest BCUT2D eigenvalue weighted by Crippen LogP contribution is 2.32. The lowest BCUT2D eigenvalue weighted by Crippen LogP contribution is -2.15. The molecule has 0 spiro atoms. The van der Waals surface area contributed by atoms with Gasteiger partial charge < -0.3 is 14.3 Å². The molecule has 4 aromatic rings. The van der Waals surface area contributed by atoms with Crippen molar-refractivity contribution in [2.24, 2.45) is 17.8 Å². The van der Waals surface area contributed by atoms with Crippen LogP contribution in [0.25, 0.3) is 21.9 Å². The maximum Gasteiger partial charge on any atom is 0.139 e. The molecule has 3 unspecified atom stereocenters. The van der Waals surface area contributed by atoms with Crippen LogP contribution in [0.4, 0.5) is 0 Å². The van der Waals surface area contributed by atoms with Gasteiger partial charge in [-0.1, -0.05) is 85.0 Å². The molecule has 5 heteroatoms. The van der Waals surface area contributed by atoms with Gasteiger partial charge in [0.1, 0.15) is 11.9 Å². The Kier molecular flexibility index (Phi) is 12.9. The smallest absolute Gasteiger partial charge is 0.139 e. The summed E-state index contributed by atoms with van der Waals surface area (Å²) in [7, 11) is 0. The molecular formula is C32H46ClN3O. The molecule has 0 aliphatic rings. The monoisotopic (exact) mass is 523 g/mol. The van der Waals surface area contributed by atoms with Crippen molar-refractivity contribution in [3.05, 3.63) is 65.6 Å². The average molecular weight is 524 g/mol. The molecule has 3 heterocycles. The quantitative estimate of drug-likeness (QED) is 0.222. The number of rotatable bonds is 9. The van der Waals surface area contributed by atoms with Crippen LogP contribution in [-0.4, -0.2) is 20.8 Å². The van der Waals surface area contributed by atoms with Crippen LogP contribution < -0.4 is 0 Å². The van der Waals surface area contributed by atoms with E-state index in [1.807, 2.05) is 51.4 Å². The maximum atomic E-state index is 9.95. The summed E-state index contributed by atoms with van der Waals surface area (Å²) in [5.41, 5.74) is 3.64. The van der Waals surface area contributed by atoms with E-state index in [4.69, 9.17) is 11.6 Å². The van der Waals surface area contributed by atoms with E-state index in [0.717, 1.165) is 23.4 Å². The van der Waals surface area contributed by atoms with Crippen LogP contribution in [0.1, 0.15) is 85.8 Å². The van der Waals surface area contributed by atoms with Crippen molar-refractivity contribution < 1.29 is 4.79 Å². The number of hydrogen-bond donors (Lipinski definition) is 1. The number of carbonyl (C=O) groups is 1. The van der Waals surface area contributed by atoms with Crippen molar-refractivity contribution in [3.63, 3.8) is 0 Å². The zero-order valence-electron chi connectivity index (χ0n) is 23.8. The van der Waals surface area contributed by atoms with Gasteiger partial charge in [-0.15, -0.1) is 0 Å². The van der Waals surface area contributed by atoms with E-state index in [0.29, 0.717) is 17.9 Å². The van der Waals surface area contributed by atoms with Crippen molar-refractivity contribution in [2.75, 3.05) is 0 Å². The summed E-state index contributed by atoms with van der Waals surface area (Å²) >= 11 is 5.78. The molecule has 3 atom stereocenters. The third kappa shape index (κ3) is 8.74. The summed E-state index contributed by atoms with van der Waals surface area (Å²) in [5, 5.41) is 3.31. The zero-order valence-corrected chi connectivity index (χ0v) is 24.6. The van der Waals surface area contributed by atoms with Gasteiger partial charge in [-0.2, -0.15) is 0 Å². The summed E-state index contributed by atoms with van der Waals surface area (Å²) in [6, 6.07) is 12.9. The predicted molar refractivity (Wildman–Crippen MR) is 161 cm³/mol. The third-order valence-corrected chi connectivity index (χ3v) is 7.36. The van der Waals surface area contributed by atoms with Crippen LogP contribution in [0.2, 0.25) is 5.02 Å². The number of aromatic amines is 1. The lowest BCUT2D eigenvalue weighted by atomic mass is 9.94. The molecular weight excluding hydrogens is 478 g/mol. The molecule has 0 radical (unpaired) electrons. The summed E-state index contributed by atoms with van der Waals surface area (Å²) in [6.07, 6.45) is 13.2. The molecule has 0 aliphatic heterocycles. The highest BCUT2D eigenvalue weighted by Gasteiger charge is 2.19. The zero-order chi connectivity index (χ0) is 27.4. The van der Waals surface area contributed by atoms with Gasteiger partial charge in [-0.05, 0) is 60.9 Å². The lowest BCUT2D eigenvalue weighted by Gasteiger charge is -2.25. The number of aldehydes is 1. The Morgan fingerprint density at radius 3 is 2.38 bits per heavy atom. The van der Waals surface area contributed by atoms with Crippen LogP contribution >= 0.6 is 11.6 Å². The Morgan fingerprint density at radius 2 is 1.81 bits per heavy atom. The molecule has 37 heavy (non-hydrogen) atoms. The molecule has 0 saturated heterocycles. The van der Waals surface area contributed by atoms with Gasteiger partial charge in [0.05, 0.1) is 5.52 Å². The largest absolute Gasteiger partial charge is 0.346 e. The molecule has 1 N–H and O–H groups in total. The van der Waals surface area contributed by atoms with Gasteiger partial charge in [0.15, 0.2) is 0 Å². The molecule has 4 rings (SSSR count). The van der Waals surface area contributed by atoms with E-state index in [1.165, 1.54) is 47.5 Å². The molecule has 1 aromatic carbocycles. The second-order valence-electron chi connectivity index (χ2n) is 10.4. The Hall–Kier alpha value is -2.59. The minimum absolute atomic E-state index is 0.222.